The van der Waals surface area contributed by atoms with Gasteiger partial charge in [-0.25, -0.2) is 8.42 Å². The maximum absolute atomic E-state index is 12.2. The van der Waals surface area contributed by atoms with Crippen LogP contribution in [0.15, 0.2) is 24.3 Å². The van der Waals surface area contributed by atoms with Gasteiger partial charge in [0.25, 0.3) is 0 Å². The number of rotatable bonds is 7. The molecule has 1 aromatic rings. The van der Waals surface area contributed by atoms with Crippen LogP contribution in [0.4, 0.5) is 5.69 Å². The number of likely N-dealkylation sites (tertiary alicyclic amines) is 1. The van der Waals surface area contributed by atoms with Crippen LogP contribution in [0.3, 0.4) is 0 Å². The Balaban J connectivity index is 1.87. The van der Waals surface area contributed by atoms with Crippen LogP contribution in [0.1, 0.15) is 24.8 Å². The Bertz CT molecular complexity index is 683. The largest absolute Gasteiger partial charge is 0.355 e. The maximum atomic E-state index is 12.2. The molecule has 0 aliphatic carbocycles. The molecule has 0 aromatic heterocycles. The first-order valence-electron chi connectivity index (χ1n) is 8.75. The molecule has 2 rings (SSSR count). The Labute approximate surface area is 151 Å². The molecule has 0 saturated carbocycles. The van der Waals surface area contributed by atoms with Crippen LogP contribution in [0.5, 0.6) is 0 Å². The number of carbonyl (C=O) groups is 1. The van der Waals surface area contributed by atoms with E-state index < -0.39 is 10.0 Å². The van der Waals surface area contributed by atoms with Crippen LogP contribution in [0.25, 0.3) is 0 Å². The smallest absolute Gasteiger partial charge is 0.240 e. The average Bonchev–Trinajstić information content (AvgIpc) is 2.53. The standard InChI is InChI=1S/C18H29N3O3S/c1-15-5-4-6-17(13-15)21(25(3,23)24)14-18(22)19-10-7-16-8-11-20(2)12-9-16/h4-6,13,16H,7-12,14H2,1-3H3,(H,19,22). The molecule has 1 aromatic carbocycles. The van der Waals surface area contributed by atoms with E-state index >= 15 is 0 Å². The summed E-state index contributed by atoms with van der Waals surface area (Å²) in [5.74, 6) is 0.374. The first-order chi connectivity index (χ1) is 11.8. The summed E-state index contributed by atoms with van der Waals surface area (Å²) in [5.41, 5.74) is 1.47. The van der Waals surface area contributed by atoms with E-state index in [1.54, 1.807) is 18.2 Å². The zero-order valence-electron chi connectivity index (χ0n) is 15.4. The molecule has 0 bridgehead atoms. The molecule has 0 atom stereocenters. The summed E-state index contributed by atoms with van der Waals surface area (Å²) in [6, 6.07) is 7.17. The molecule has 6 nitrogen and oxygen atoms in total. The molecule has 1 amide bonds. The highest BCUT2D eigenvalue weighted by molar-refractivity contribution is 7.92. The first kappa shape index (κ1) is 19.7. The fourth-order valence-corrected chi connectivity index (χ4v) is 3.98. The van der Waals surface area contributed by atoms with Crippen LogP contribution >= 0.6 is 0 Å². The summed E-state index contributed by atoms with van der Waals surface area (Å²) in [6.45, 7) is 4.52. The highest BCUT2D eigenvalue weighted by atomic mass is 32.2. The average molecular weight is 368 g/mol. The number of aryl methyl sites for hydroxylation is 1. The molecule has 7 heteroatoms. The second-order valence-electron chi connectivity index (χ2n) is 6.99. The fourth-order valence-electron chi connectivity index (χ4n) is 3.14. The Morgan fingerprint density at radius 3 is 2.60 bits per heavy atom. The van der Waals surface area contributed by atoms with Gasteiger partial charge in [0.1, 0.15) is 6.54 Å². The van der Waals surface area contributed by atoms with E-state index in [0.29, 0.717) is 18.2 Å². The lowest BCUT2D eigenvalue weighted by atomic mass is 9.94. The number of amides is 1. The quantitative estimate of drug-likeness (QED) is 0.795. The van der Waals surface area contributed by atoms with Crippen molar-refractivity contribution in [3.05, 3.63) is 29.8 Å². The zero-order chi connectivity index (χ0) is 18.4. The normalized spacial score (nSPS) is 16.6. The number of nitrogens with zero attached hydrogens (tertiary/aromatic N) is 2. The van der Waals surface area contributed by atoms with Crippen molar-refractivity contribution in [2.75, 3.05) is 43.8 Å². The van der Waals surface area contributed by atoms with Gasteiger partial charge in [-0.15, -0.1) is 0 Å². The van der Waals surface area contributed by atoms with Crippen molar-refractivity contribution in [1.29, 1.82) is 0 Å². The molecule has 25 heavy (non-hydrogen) atoms. The van der Waals surface area contributed by atoms with Gasteiger partial charge in [0, 0.05) is 6.54 Å². The Kier molecular flexibility index (Phi) is 6.84. The topological polar surface area (TPSA) is 69.7 Å². The van der Waals surface area contributed by atoms with E-state index in [0.717, 1.165) is 48.5 Å². The number of anilines is 1. The molecule has 0 unspecified atom stereocenters. The van der Waals surface area contributed by atoms with Crippen LogP contribution in [0, 0.1) is 12.8 Å². The number of nitrogens with one attached hydrogen (secondary N) is 1. The predicted octanol–water partition coefficient (Wildman–Crippen LogP) is 1.61. The van der Waals surface area contributed by atoms with Crippen molar-refractivity contribution >= 4 is 21.6 Å². The van der Waals surface area contributed by atoms with Gasteiger partial charge in [-0.3, -0.25) is 9.10 Å². The number of carbonyl (C=O) groups excluding carboxylic acids is 1. The van der Waals surface area contributed by atoms with Crippen molar-refractivity contribution in [3.63, 3.8) is 0 Å². The van der Waals surface area contributed by atoms with E-state index in [4.69, 9.17) is 0 Å². The van der Waals surface area contributed by atoms with Crippen molar-refractivity contribution in [3.8, 4) is 0 Å². The van der Waals surface area contributed by atoms with E-state index in [2.05, 4.69) is 17.3 Å². The molecule has 1 fully saturated rings. The highest BCUT2D eigenvalue weighted by Crippen LogP contribution is 2.20. The van der Waals surface area contributed by atoms with Crippen LogP contribution in [-0.2, 0) is 14.8 Å². The molecule has 1 heterocycles. The van der Waals surface area contributed by atoms with Gasteiger partial charge < -0.3 is 10.2 Å². The molecule has 1 aliphatic heterocycles. The van der Waals surface area contributed by atoms with Gasteiger partial charge in [0.05, 0.1) is 11.9 Å². The van der Waals surface area contributed by atoms with Gasteiger partial charge >= 0.3 is 0 Å². The summed E-state index contributed by atoms with van der Waals surface area (Å²) in [6.07, 6.45) is 4.39. The molecule has 0 radical (unpaired) electrons. The van der Waals surface area contributed by atoms with Gasteiger partial charge in [-0.2, -0.15) is 0 Å². The number of hydrogen-bond donors (Lipinski definition) is 1. The van der Waals surface area contributed by atoms with Crippen molar-refractivity contribution < 1.29 is 13.2 Å². The molecular formula is C18H29N3O3S. The SMILES string of the molecule is Cc1cccc(N(CC(=O)NCCC2CCN(C)CC2)S(C)(=O)=O)c1. The lowest BCUT2D eigenvalue weighted by Gasteiger charge is -2.29. The van der Waals surface area contributed by atoms with E-state index in [9.17, 15) is 13.2 Å². The predicted molar refractivity (Wildman–Crippen MR) is 101 cm³/mol. The number of sulfonamides is 1. The minimum atomic E-state index is -3.51. The Morgan fingerprint density at radius 2 is 2.00 bits per heavy atom. The molecule has 1 aliphatic rings. The lowest BCUT2D eigenvalue weighted by Crippen LogP contribution is -2.41. The highest BCUT2D eigenvalue weighted by Gasteiger charge is 2.21. The van der Waals surface area contributed by atoms with Gasteiger partial charge in [-0.1, -0.05) is 12.1 Å². The van der Waals surface area contributed by atoms with Crippen LogP contribution < -0.4 is 9.62 Å². The van der Waals surface area contributed by atoms with Crippen molar-refractivity contribution in [1.82, 2.24) is 10.2 Å². The van der Waals surface area contributed by atoms with Crippen LogP contribution in [0.2, 0.25) is 0 Å². The van der Waals surface area contributed by atoms with Gasteiger partial charge in [-0.05, 0) is 69.9 Å². The third kappa shape index (κ3) is 6.32. The van der Waals surface area contributed by atoms with Crippen LogP contribution in [-0.4, -0.2) is 58.7 Å². The summed E-state index contributed by atoms with van der Waals surface area (Å²) in [7, 11) is -1.39. The van der Waals surface area contributed by atoms with Gasteiger partial charge in [0.2, 0.25) is 15.9 Å². The molecular weight excluding hydrogens is 338 g/mol. The minimum absolute atomic E-state index is 0.185. The first-order valence-corrected chi connectivity index (χ1v) is 10.6. The van der Waals surface area contributed by atoms with Gasteiger partial charge in [0.15, 0.2) is 0 Å². The molecule has 0 spiro atoms. The minimum Gasteiger partial charge on any atom is -0.355 e. The lowest BCUT2D eigenvalue weighted by molar-refractivity contribution is -0.119. The number of benzene rings is 1. The fraction of sp³-hybridized carbons (Fsp3) is 0.611. The monoisotopic (exact) mass is 367 g/mol. The summed E-state index contributed by atoms with van der Waals surface area (Å²) in [5, 5.41) is 2.87. The zero-order valence-corrected chi connectivity index (χ0v) is 16.2. The molecule has 1 N–H and O–H groups in total. The Morgan fingerprint density at radius 1 is 1.32 bits per heavy atom. The van der Waals surface area contributed by atoms with E-state index in [1.165, 1.54) is 0 Å². The summed E-state index contributed by atoms with van der Waals surface area (Å²) >= 11 is 0. The van der Waals surface area contributed by atoms with E-state index in [-0.39, 0.29) is 12.5 Å². The Hall–Kier alpha value is -1.60. The third-order valence-electron chi connectivity index (χ3n) is 4.69. The van der Waals surface area contributed by atoms with Crippen molar-refractivity contribution in [2.45, 2.75) is 26.2 Å². The molecule has 140 valence electrons. The summed E-state index contributed by atoms with van der Waals surface area (Å²) in [4.78, 5) is 14.5. The summed E-state index contributed by atoms with van der Waals surface area (Å²) < 4.78 is 25.3. The molecule has 1 saturated heterocycles. The second kappa shape index (κ2) is 8.67. The third-order valence-corrected chi connectivity index (χ3v) is 5.83. The number of hydrogen-bond acceptors (Lipinski definition) is 4. The van der Waals surface area contributed by atoms with Crippen molar-refractivity contribution in [2.24, 2.45) is 5.92 Å². The van der Waals surface area contributed by atoms with E-state index in [1.807, 2.05) is 13.0 Å². The second-order valence-corrected chi connectivity index (χ2v) is 8.90. The number of piperidine rings is 1. The maximum Gasteiger partial charge on any atom is 0.240 e.